The van der Waals surface area contributed by atoms with Crippen molar-refractivity contribution >= 4 is 11.9 Å². The van der Waals surface area contributed by atoms with E-state index in [9.17, 15) is 9.18 Å². The molecule has 22 heavy (non-hydrogen) atoms. The second-order valence-electron chi connectivity index (χ2n) is 4.93. The van der Waals surface area contributed by atoms with Crippen LogP contribution >= 0.6 is 0 Å². The highest BCUT2D eigenvalue weighted by atomic mass is 19.1. The van der Waals surface area contributed by atoms with Crippen LogP contribution in [0.4, 0.5) is 10.3 Å². The van der Waals surface area contributed by atoms with Crippen molar-refractivity contribution in [3.8, 4) is 0 Å². The molecule has 1 aliphatic rings. The number of morpholine rings is 1. The van der Waals surface area contributed by atoms with E-state index in [1.807, 2.05) is 4.90 Å². The average molecular weight is 305 g/mol. The zero-order chi connectivity index (χ0) is 15.4. The lowest BCUT2D eigenvalue weighted by Crippen LogP contribution is -2.44. The molecular formula is C14H16FN5O2. The quantitative estimate of drug-likeness (QED) is 0.879. The number of H-pyrrole nitrogens is 1. The summed E-state index contributed by atoms with van der Waals surface area (Å²) >= 11 is 0. The van der Waals surface area contributed by atoms with Crippen LogP contribution in [0.5, 0.6) is 0 Å². The van der Waals surface area contributed by atoms with Crippen LogP contribution in [0, 0.1) is 5.82 Å². The molecule has 1 aromatic heterocycles. The molecule has 1 atom stereocenters. The van der Waals surface area contributed by atoms with Crippen LogP contribution in [0.15, 0.2) is 30.6 Å². The smallest absolute Gasteiger partial charge is 0.248 e. The Kier molecular flexibility index (Phi) is 4.40. The third kappa shape index (κ3) is 3.29. The molecule has 3 rings (SSSR count). The normalized spacial score (nSPS) is 17.1. The standard InChI is InChI=1S/C14H16FN5O2/c15-11-3-1-2-10(8-11)12(20-4-6-22-7-5-20)13(21)18-14-16-9-17-19-14/h1-3,8-9,12H,4-7H2,(H2,16,17,18,19,21). The van der Waals surface area contributed by atoms with Gasteiger partial charge in [-0.25, -0.2) is 9.49 Å². The number of anilines is 1. The number of benzene rings is 1. The molecule has 2 N–H and O–H groups in total. The summed E-state index contributed by atoms with van der Waals surface area (Å²) in [4.78, 5) is 18.5. The van der Waals surface area contributed by atoms with Gasteiger partial charge in [0.2, 0.25) is 11.9 Å². The number of halogens is 1. The molecule has 8 heteroatoms. The number of aromatic amines is 1. The van der Waals surface area contributed by atoms with Gasteiger partial charge >= 0.3 is 0 Å². The van der Waals surface area contributed by atoms with Crippen molar-refractivity contribution in [1.82, 2.24) is 20.1 Å². The van der Waals surface area contributed by atoms with E-state index in [-0.39, 0.29) is 17.7 Å². The Labute approximate surface area is 126 Å². The number of amides is 1. The number of rotatable bonds is 4. The molecule has 1 aliphatic heterocycles. The number of carbonyl (C=O) groups is 1. The molecule has 2 aromatic rings. The first-order valence-electron chi connectivity index (χ1n) is 6.97. The highest BCUT2D eigenvalue weighted by Crippen LogP contribution is 2.24. The zero-order valence-corrected chi connectivity index (χ0v) is 11.8. The molecule has 0 spiro atoms. The number of nitrogens with zero attached hydrogens (tertiary/aromatic N) is 3. The van der Waals surface area contributed by atoms with Crippen LogP contribution in [0.2, 0.25) is 0 Å². The van der Waals surface area contributed by atoms with E-state index in [1.165, 1.54) is 18.5 Å². The van der Waals surface area contributed by atoms with Gasteiger partial charge in [0.05, 0.1) is 13.2 Å². The summed E-state index contributed by atoms with van der Waals surface area (Å²) in [6.45, 7) is 2.29. The van der Waals surface area contributed by atoms with Gasteiger partial charge in [0, 0.05) is 13.1 Å². The molecular weight excluding hydrogens is 289 g/mol. The van der Waals surface area contributed by atoms with Crippen molar-refractivity contribution in [3.63, 3.8) is 0 Å². The minimum Gasteiger partial charge on any atom is -0.379 e. The number of carbonyl (C=O) groups excluding carboxylic acids is 1. The van der Waals surface area contributed by atoms with E-state index in [2.05, 4.69) is 20.5 Å². The minimum atomic E-state index is -0.607. The van der Waals surface area contributed by atoms with E-state index >= 15 is 0 Å². The number of hydrogen-bond acceptors (Lipinski definition) is 5. The van der Waals surface area contributed by atoms with E-state index < -0.39 is 6.04 Å². The third-order valence-electron chi connectivity index (χ3n) is 3.48. The van der Waals surface area contributed by atoms with Crippen molar-refractivity contribution in [2.24, 2.45) is 0 Å². The maximum Gasteiger partial charge on any atom is 0.248 e. The Morgan fingerprint density at radius 2 is 2.23 bits per heavy atom. The fourth-order valence-corrected chi connectivity index (χ4v) is 2.49. The maximum atomic E-state index is 13.5. The van der Waals surface area contributed by atoms with Crippen LogP contribution in [0.1, 0.15) is 11.6 Å². The van der Waals surface area contributed by atoms with Crippen LogP contribution in [0.25, 0.3) is 0 Å². The molecule has 1 saturated heterocycles. The first-order chi connectivity index (χ1) is 10.7. The summed E-state index contributed by atoms with van der Waals surface area (Å²) < 4.78 is 18.9. The summed E-state index contributed by atoms with van der Waals surface area (Å²) in [6.07, 6.45) is 1.31. The molecule has 1 unspecified atom stereocenters. The number of hydrogen-bond donors (Lipinski definition) is 2. The first kappa shape index (κ1) is 14.6. The van der Waals surface area contributed by atoms with Gasteiger partial charge < -0.3 is 4.74 Å². The second-order valence-corrected chi connectivity index (χ2v) is 4.93. The maximum absolute atomic E-state index is 13.5. The largest absolute Gasteiger partial charge is 0.379 e. The molecule has 0 radical (unpaired) electrons. The van der Waals surface area contributed by atoms with Crippen LogP contribution in [0.3, 0.4) is 0 Å². The Morgan fingerprint density at radius 1 is 1.41 bits per heavy atom. The monoisotopic (exact) mass is 305 g/mol. The van der Waals surface area contributed by atoms with Crippen molar-refractivity contribution in [3.05, 3.63) is 42.0 Å². The Balaban J connectivity index is 1.86. The minimum absolute atomic E-state index is 0.264. The molecule has 1 aromatic carbocycles. The Hall–Kier alpha value is -2.32. The summed E-state index contributed by atoms with van der Waals surface area (Å²) in [5.74, 6) is -0.396. The molecule has 0 aliphatic carbocycles. The van der Waals surface area contributed by atoms with Crippen LogP contribution in [-0.2, 0) is 9.53 Å². The molecule has 0 bridgehead atoms. The lowest BCUT2D eigenvalue weighted by atomic mass is 10.0. The van der Waals surface area contributed by atoms with Crippen LogP contribution < -0.4 is 5.32 Å². The first-order valence-corrected chi connectivity index (χ1v) is 6.97. The second kappa shape index (κ2) is 6.63. The average Bonchev–Trinajstić information content (AvgIpc) is 3.01. The predicted molar refractivity (Wildman–Crippen MR) is 76.5 cm³/mol. The summed E-state index contributed by atoms with van der Waals surface area (Å²) in [5.41, 5.74) is 0.596. The van der Waals surface area contributed by atoms with E-state index in [1.54, 1.807) is 12.1 Å². The van der Waals surface area contributed by atoms with Gasteiger partial charge in [-0.3, -0.25) is 15.0 Å². The lowest BCUT2D eigenvalue weighted by Gasteiger charge is -2.33. The molecule has 0 saturated carbocycles. The third-order valence-corrected chi connectivity index (χ3v) is 3.48. The van der Waals surface area contributed by atoms with Crippen LogP contribution in [-0.4, -0.2) is 52.3 Å². The molecule has 2 heterocycles. The highest BCUT2D eigenvalue weighted by Gasteiger charge is 2.29. The van der Waals surface area contributed by atoms with E-state index in [0.29, 0.717) is 31.9 Å². The van der Waals surface area contributed by atoms with Gasteiger partial charge in [0.1, 0.15) is 18.2 Å². The molecule has 7 nitrogen and oxygen atoms in total. The van der Waals surface area contributed by atoms with Gasteiger partial charge in [-0.2, -0.15) is 10.1 Å². The fourth-order valence-electron chi connectivity index (χ4n) is 2.49. The predicted octanol–water partition coefficient (Wildman–Crippen LogP) is 0.956. The van der Waals surface area contributed by atoms with Crippen molar-refractivity contribution in [2.75, 3.05) is 31.6 Å². The number of nitrogens with one attached hydrogen (secondary N) is 2. The van der Waals surface area contributed by atoms with Crippen molar-refractivity contribution in [2.45, 2.75) is 6.04 Å². The lowest BCUT2D eigenvalue weighted by molar-refractivity contribution is -0.123. The van der Waals surface area contributed by atoms with Gasteiger partial charge in [-0.05, 0) is 17.7 Å². The SMILES string of the molecule is O=C(Nc1ncn[nH]1)C(c1cccc(F)c1)N1CCOCC1. The molecule has 1 amide bonds. The highest BCUT2D eigenvalue weighted by molar-refractivity contribution is 5.94. The summed E-state index contributed by atoms with van der Waals surface area (Å²) in [7, 11) is 0. The Bertz CT molecular complexity index is 628. The zero-order valence-electron chi connectivity index (χ0n) is 11.8. The van der Waals surface area contributed by atoms with Gasteiger partial charge in [-0.15, -0.1) is 0 Å². The van der Waals surface area contributed by atoms with E-state index in [4.69, 9.17) is 4.74 Å². The molecule has 1 fully saturated rings. The molecule has 116 valence electrons. The van der Waals surface area contributed by atoms with Gasteiger partial charge in [-0.1, -0.05) is 12.1 Å². The van der Waals surface area contributed by atoms with Crippen molar-refractivity contribution < 1.29 is 13.9 Å². The van der Waals surface area contributed by atoms with Gasteiger partial charge in [0.15, 0.2) is 0 Å². The van der Waals surface area contributed by atoms with Crippen molar-refractivity contribution in [1.29, 1.82) is 0 Å². The fraction of sp³-hybridized carbons (Fsp3) is 0.357. The van der Waals surface area contributed by atoms with Gasteiger partial charge in [0.25, 0.3) is 0 Å². The number of ether oxygens (including phenoxy) is 1. The van der Waals surface area contributed by atoms with E-state index in [0.717, 1.165) is 0 Å². The Morgan fingerprint density at radius 3 is 2.91 bits per heavy atom. The number of aromatic nitrogens is 3. The summed E-state index contributed by atoms with van der Waals surface area (Å²) in [6, 6.07) is 5.46. The topological polar surface area (TPSA) is 83.1 Å². The summed E-state index contributed by atoms with van der Waals surface area (Å²) in [5, 5.41) is 8.93.